The maximum Gasteiger partial charge on any atom is 0.227 e. The van der Waals surface area contributed by atoms with Crippen LogP contribution >= 0.6 is 0 Å². The lowest BCUT2D eigenvalue weighted by Gasteiger charge is -2.31. The van der Waals surface area contributed by atoms with Crippen LogP contribution < -0.4 is 9.80 Å². The van der Waals surface area contributed by atoms with Crippen LogP contribution in [0, 0.1) is 0 Å². The molecule has 1 aromatic rings. The molecule has 3 heterocycles. The molecule has 0 saturated carbocycles. The number of carbonyl (C=O) groups is 1. The molecule has 2 aliphatic rings. The Balaban J connectivity index is 1.65. The maximum absolute atomic E-state index is 12.4. The molecule has 0 aromatic carbocycles. The van der Waals surface area contributed by atoms with E-state index in [2.05, 4.69) is 19.7 Å². The van der Waals surface area contributed by atoms with Crippen LogP contribution in [-0.4, -0.2) is 96.8 Å². The van der Waals surface area contributed by atoms with E-state index in [0.717, 1.165) is 44.8 Å². The minimum Gasteiger partial charge on any atom is -0.391 e. The van der Waals surface area contributed by atoms with Crippen molar-refractivity contribution in [2.24, 2.45) is 0 Å². The molecule has 2 aliphatic heterocycles. The van der Waals surface area contributed by atoms with Crippen molar-refractivity contribution in [3.05, 3.63) is 12.3 Å². The highest BCUT2D eigenvalue weighted by Crippen LogP contribution is 2.20. The van der Waals surface area contributed by atoms with Gasteiger partial charge in [-0.25, -0.2) is 4.98 Å². The number of aliphatic hydroxyl groups excluding tert-OH is 1. The van der Waals surface area contributed by atoms with Gasteiger partial charge in [-0.3, -0.25) is 4.79 Å². The number of nitrogens with zero attached hydrogens (tertiary/aromatic N) is 6. The van der Waals surface area contributed by atoms with Gasteiger partial charge in [0.15, 0.2) is 0 Å². The molecule has 8 nitrogen and oxygen atoms in total. The van der Waals surface area contributed by atoms with Crippen LogP contribution in [0.1, 0.15) is 19.3 Å². The van der Waals surface area contributed by atoms with E-state index in [9.17, 15) is 9.90 Å². The lowest BCUT2D eigenvalue weighted by atomic mass is 10.1. The van der Waals surface area contributed by atoms with Gasteiger partial charge < -0.3 is 24.7 Å². The van der Waals surface area contributed by atoms with E-state index in [1.165, 1.54) is 0 Å². The fourth-order valence-electron chi connectivity index (χ4n) is 3.45. The lowest BCUT2D eigenvalue weighted by molar-refractivity contribution is -0.130. The van der Waals surface area contributed by atoms with Crippen LogP contribution in [0.15, 0.2) is 12.3 Å². The zero-order valence-corrected chi connectivity index (χ0v) is 15.8. The van der Waals surface area contributed by atoms with E-state index >= 15 is 0 Å². The summed E-state index contributed by atoms with van der Waals surface area (Å²) in [5.41, 5.74) is 0. The summed E-state index contributed by atoms with van der Waals surface area (Å²) in [7, 11) is 4.04. The molecular formula is C18H30N6O2. The summed E-state index contributed by atoms with van der Waals surface area (Å²) >= 11 is 0. The molecule has 8 heteroatoms. The molecule has 3 rings (SSSR count). The molecule has 26 heavy (non-hydrogen) atoms. The monoisotopic (exact) mass is 362 g/mol. The lowest BCUT2D eigenvalue weighted by Crippen LogP contribution is -2.39. The van der Waals surface area contributed by atoms with Gasteiger partial charge in [-0.2, -0.15) is 4.98 Å². The van der Waals surface area contributed by atoms with E-state index in [0.29, 0.717) is 32.0 Å². The predicted molar refractivity (Wildman–Crippen MR) is 101 cm³/mol. The van der Waals surface area contributed by atoms with E-state index in [-0.39, 0.29) is 12.0 Å². The number of anilines is 2. The largest absolute Gasteiger partial charge is 0.391 e. The molecule has 1 atom stereocenters. The van der Waals surface area contributed by atoms with Gasteiger partial charge in [0, 0.05) is 58.4 Å². The number of rotatable bonds is 5. The molecular weight excluding hydrogens is 332 g/mol. The van der Waals surface area contributed by atoms with E-state index in [1.807, 2.05) is 25.1 Å². The van der Waals surface area contributed by atoms with Crippen LogP contribution in [-0.2, 0) is 4.79 Å². The molecule has 144 valence electrons. The number of amides is 1. The number of β-amino-alcohol motifs (C(OH)–C–C–N with tert-alkyl or cyclic N) is 1. The first kappa shape index (κ1) is 18.8. The topological polar surface area (TPSA) is 76.0 Å². The quantitative estimate of drug-likeness (QED) is 0.792. The summed E-state index contributed by atoms with van der Waals surface area (Å²) in [6, 6.07) is 1.90. The number of aromatic nitrogens is 2. The first-order chi connectivity index (χ1) is 12.5. The normalized spacial score (nSPS) is 22.1. The van der Waals surface area contributed by atoms with Crippen LogP contribution in [0.5, 0.6) is 0 Å². The molecule has 1 unspecified atom stereocenters. The average Bonchev–Trinajstić information content (AvgIpc) is 2.82. The Kier molecular flexibility index (Phi) is 6.26. The van der Waals surface area contributed by atoms with Crippen LogP contribution in [0.25, 0.3) is 0 Å². The van der Waals surface area contributed by atoms with Gasteiger partial charge in [0.25, 0.3) is 0 Å². The third-order valence-electron chi connectivity index (χ3n) is 5.04. The second-order valence-corrected chi connectivity index (χ2v) is 7.38. The molecule has 2 saturated heterocycles. The van der Waals surface area contributed by atoms with Crippen LogP contribution in [0.2, 0.25) is 0 Å². The van der Waals surface area contributed by atoms with E-state index in [1.54, 1.807) is 6.20 Å². The van der Waals surface area contributed by atoms with Gasteiger partial charge in [0.05, 0.1) is 6.10 Å². The summed E-state index contributed by atoms with van der Waals surface area (Å²) < 4.78 is 0. The van der Waals surface area contributed by atoms with Gasteiger partial charge in [0.1, 0.15) is 5.82 Å². The minimum atomic E-state index is -0.289. The van der Waals surface area contributed by atoms with Crippen molar-refractivity contribution in [1.82, 2.24) is 19.8 Å². The maximum atomic E-state index is 12.4. The zero-order valence-electron chi connectivity index (χ0n) is 15.8. The standard InChI is InChI=1S/C18H30N6O2/c1-21(2)10-11-22-12-13-23(9-6-17(22)26)18-19-7-5-16(20-18)24-8-3-4-15(25)14-24/h5,7,15,25H,3-4,6,8-14H2,1-2H3. The second-order valence-electron chi connectivity index (χ2n) is 7.38. The van der Waals surface area contributed by atoms with Crippen LogP contribution in [0.4, 0.5) is 11.8 Å². The first-order valence-electron chi connectivity index (χ1n) is 9.46. The van der Waals surface area contributed by atoms with E-state index < -0.39 is 0 Å². The highest BCUT2D eigenvalue weighted by atomic mass is 16.3. The smallest absolute Gasteiger partial charge is 0.227 e. The van der Waals surface area contributed by atoms with Crippen molar-refractivity contribution in [1.29, 1.82) is 0 Å². The molecule has 1 amide bonds. The summed E-state index contributed by atoms with van der Waals surface area (Å²) in [5, 5.41) is 9.90. The van der Waals surface area contributed by atoms with Crippen molar-refractivity contribution >= 4 is 17.7 Å². The summed E-state index contributed by atoms with van der Waals surface area (Å²) in [6.07, 6.45) is 3.80. The Morgan fingerprint density at radius 3 is 2.85 bits per heavy atom. The van der Waals surface area contributed by atoms with E-state index in [4.69, 9.17) is 4.98 Å². The number of carbonyl (C=O) groups excluding carboxylic acids is 1. The number of aliphatic hydroxyl groups is 1. The van der Waals surface area contributed by atoms with Gasteiger partial charge in [-0.05, 0) is 33.0 Å². The SMILES string of the molecule is CN(C)CCN1CCN(c2nccc(N3CCCC(O)C3)n2)CCC1=O. The Morgan fingerprint density at radius 2 is 2.08 bits per heavy atom. The highest BCUT2D eigenvalue weighted by Gasteiger charge is 2.24. The van der Waals surface area contributed by atoms with Crippen LogP contribution in [0.3, 0.4) is 0 Å². The molecule has 0 aliphatic carbocycles. The number of piperidine rings is 1. The molecule has 0 spiro atoms. The fraction of sp³-hybridized carbons (Fsp3) is 0.722. The average molecular weight is 362 g/mol. The molecule has 1 N–H and O–H groups in total. The van der Waals surface area contributed by atoms with Crippen molar-refractivity contribution in [3.63, 3.8) is 0 Å². The predicted octanol–water partition coefficient (Wildman–Crippen LogP) is 0.0380. The van der Waals surface area contributed by atoms with Gasteiger partial charge in [-0.15, -0.1) is 0 Å². The summed E-state index contributed by atoms with van der Waals surface area (Å²) in [5.74, 6) is 1.73. The van der Waals surface area contributed by atoms with Gasteiger partial charge in [0.2, 0.25) is 11.9 Å². The molecule has 0 radical (unpaired) electrons. The number of hydrogen-bond acceptors (Lipinski definition) is 7. The number of hydrogen-bond donors (Lipinski definition) is 1. The summed E-state index contributed by atoms with van der Waals surface area (Å²) in [4.78, 5) is 29.7. The first-order valence-corrected chi connectivity index (χ1v) is 9.46. The minimum absolute atomic E-state index is 0.199. The van der Waals surface area contributed by atoms with Gasteiger partial charge in [-0.1, -0.05) is 0 Å². The zero-order chi connectivity index (χ0) is 18.5. The second kappa shape index (κ2) is 8.64. The number of likely N-dealkylation sites (N-methyl/N-ethyl adjacent to an activating group) is 1. The third-order valence-corrected chi connectivity index (χ3v) is 5.04. The van der Waals surface area contributed by atoms with Crippen molar-refractivity contribution in [3.8, 4) is 0 Å². The molecule has 0 bridgehead atoms. The van der Waals surface area contributed by atoms with Gasteiger partial charge >= 0.3 is 0 Å². The fourth-order valence-corrected chi connectivity index (χ4v) is 3.45. The highest BCUT2D eigenvalue weighted by molar-refractivity contribution is 5.77. The third kappa shape index (κ3) is 4.82. The van der Waals surface area contributed by atoms with Crippen molar-refractivity contribution in [2.75, 3.05) is 69.7 Å². The van der Waals surface area contributed by atoms with Crippen molar-refractivity contribution < 1.29 is 9.90 Å². The molecule has 1 aromatic heterocycles. The summed E-state index contributed by atoms with van der Waals surface area (Å²) in [6.45, 7) is 5.23. The Bertz CT molecular complexity index is 611. The Labute approximate surface area is 155 Å². The Morgan fingerprint density at radius 1 is 1.23 bits per heavy atom. The molecule has 2 fully saturated rings. The Hall–Kier alpha value is -1.93. The van der Waals surface area contributed by atoms with Crippen molar-refractivity contribution in [2.45, 2.75) is 25.4 Å².